The lowest BCUT2D eigenvalue weighted by molar-refractivity contribution is -0.145. The molecule has 0 aliphatic carbocycles. The van der Waals surface area contributed by atoms with E-state index in [-0.39, 0.29) is 49.0 Å². The van der Waals surface area contributed by atoms with E-state index < -0.39 is 153 Å². The third kappa shape index (κ3) is 25.1. The second kappa shape index (κ2) is 36.8. The number of unbranched alkanes of at least 4 members (excludes halogenated alkanes) is 8. The number of carbonyl (C=O) groups is 12. The molecule has 0 fully saturated rings. The molecular weight excluding hydrogens is 1150 g/mol. The van der Waals surface area contributed by atoms with Crippen molar-refractivity contribution < 1.29 is 87.5 Å². The van der Waals surface area contributed by atoms with Crippen LogP contribution in [0.4, 0.5) is 26.4 Å². The molecule has 4 rings (SSSR count). The molecule has 0 spiro atoms. The van der Waals surface area contributed by atoms with Crippen molar-refractivity contribution in [2.24, 2.45) is 17.6 Å². The van der Waals surface area contributed by atoms with Crippen LogP contribution >= 0.6 is 0 Å². The number of carbonyl (C=O) groups excluding carboxylic acids is 7. The smallest absolute Gasteiger partial charge is 0.326 e. The molecule has 14 N–H and O–H groups in total. The number of nitrogen functional groups attached to an aromatic ring is 1. The summed E-state index contributed by atoms with van der Waals surface area (Å²) in [6.45, 7) is 2.27. The van der Waals surface area contributed by atoms with Crippen molar-refractivity contribution in [2.75, 3.05) is 22.9 Å². The highest BCUT2D eigenvalue weighted by atomic mass is 19.1. The first-order valence-electron chi connectivity index (χ1n) is 29.4. The average molecular weight is 1230 g/mol. The van der Waals surface area contributed by atoms with Gasteiger partial charge in [-0.3, -0.25) is 43.2 Å². The Bertz CT molecular complexity index is 3110. The van der Waals surface area contributed by atoms with E-state index in [0.717, 1.165) is 68.1 Å². The predicted octanol–water partition coefficient (Wildman–Crippen LogP) is 7.20. The van der Waals surface area contributed by atoms with Crippen LogP contribution in [0.3, 0.4) is 0 Å². The van der Waals surface area contributed by atoms with Crippen LogP contribution in [0, 0.1) is 24.6 Å². The Morgan fingerprint density at radius 3 is 1.73 bits per heavy atom. The molecule has 0 aliphatic rings. The zero-order valence-electron chi connectivity index (χ0n) is 49.2. The number of urea groups is 1. The molecule has 1 heterocycles. The minimum atomic E-state index is -1.63. The van der Waals surface area contributed by atoms with Crippen LogP contribution in [0.25, 0.3) is 22.0 Å². The van der Waals surface area contributed by atoms with Crippen molar-refractivity contribution in [1.29, 1.82) is 0 Å². The molecule has 26 nitrogen and oxygen atoms in total. The Labute approximate surface area is 507 Å². The largest absolute Gasteiger partial charge is 0.481 e. The summed E-state index contributed by atoms with van der Waals surface area (Å²) in [6, 6.07) is 12.1. The average Bonchev–Trinajstić information content (AvgIpc) is 2.19. The van der Waals surface area contributed by atoms with Crippen LogP contribution in [-0.2, 0) is 47.9 Å². The van der Waals surface area contributed by atoms with E-state index in [1.54, 1.807) is 43.3 Å². The number of nitrogens with zero attached hydrogens (tertiary/aromatic N) is 2. The number of Topliss-reactive ketones (excluding diaryl/α,β-unsaturated/α-hetero) is 2. The Hall–Kier alpha value is -9.14. The zero-order chi connectivity index (χ0) is 64.9. The van der Waals surface area contributed by atoms with E-state index >= 15 is 0 Å². The number of carboxylic acids is 5. The summed E-state index contributed by atoms with van der Waals surface area (Å²) in [5.41, 5.74) is 15.9. The number of aromatic nitrogens is 2. The zero-order valence-corrected chi connectivity index (χ0v) is 49.2. The van der Waals surface area contributed by atoms with Gasteiger partial charge in [0.1, 0.15) is 29.5 Å². The van der Waals surface area contributed by atoms with Gasteiger partial charge in [-0.1, -0.05) is 75.3 Å². The molecule has 478 valence electrons. The Morgan fingerprint density at radius 1 is 0.580 bits per heavy atom. The number of ketones is 2. The quantitative estimate of drug-likeness (QED) is 0.0195. The second-order valence-electron chi connectivity index (χ2n) is 21.8. The summed E-state index contributed by atoms with van der Waals surface area (Å²) in [6.07, 6.45) is 4.11. The van der Waals surface area contributed by atoms with Crippen molar-refractivity contribution in [3.8, 4) is 11.1 Å². The van der Waals surface area contributed by atoms with Crippen molar-refractivity contribution in [2.45, 2.75) is 173 Å². The minimum absolute atomic E-state index is 0.0674. The number of benzene rings is 3. The number of nitrogens with two attached hydrogens (primary N) is 2. The first-order valence-corrected chi connectivity index (χ1v) is 29.4. The standard InChI is InChI=1S/C61H80FN9O17/c1-36-18-26-43(62)47(33-36)69-61(88)66-40-23-19-37(20-24-40)42-13-11-15-48-55(42)56(64)70-71(48)53(77)17-9-7-5-3-2-4-6-8-10-32-65-50(74)16-12-14-44(63)49(73)35-39(58(82)83)22-30-52(76)67-45(59(84)85)27-25-41(72)34-38(57(80)81)21-29-51(75)68-46(60(86)87)28-31-54(78)79/h11,13,15,18-20,23-24,26,33,38-39,44-46H,2-10,12,14,16-17,21-22,25,27-32,34-35,63H2,1H3,(H2,64,70)(H,65,74)(H,67,76)(H,68,75)(H,78,79)(H,80,81)(H,82,83)(H,84,85)(H,86,87)(H2,66,69,88)/t38-,39-,44+,45+,46+/m1/s1. The first-order chi connectivity index (χ1) is 41.8. The van der Waals surface area contributed by atoms with Gasteiger partial charge in [0.2, 0.25) is 23.6 Å². The molecule has 0 bridgehead atoms. The second-order valence-corrected chi connectivity index (χ2v) is 21.8. The number of rotatable bonds is 42. The molecule has 0 unspecified atom stereocenters. The molecule has 1 aromatic heterocycles. The van der Waals surface area contributed by atoms with Crippen molar-refractivity contribution >= 4 is 99.2 Å². The predicted molar refractivity (Wildman–Crippen MR) is 320 cm³/mol. The lowest BCUT2D eigenvalue weighted by atomic mass is 9.92. The fourth-order valence-electron chi connectivity index (χ4n) is 9.71. The number of nitrogens with one attached hydrogen (secondary N) is 5. The van der Waals surface area contributed by atoms with Crippen LogP contribution in [0.1, 0.15) is 158 Å². The number of aryl methyl sites for hydroxylation is 1. The highest BCUT2D eigenvalue weighted by Gasteiger charge is 2.29. The van der Waals surface area contributed by atoms with Crippen molar-refractivity contribution in [3.63, 3.8) is 0 Å². The molecule has 5 amide bonds. The maximum Gasteiger partial charge on any atom is 0.326 e. The molecule has 0 saturated heterocycles. The van der Waals surface area contributed by atoms with E-state index in [9.17, 15) is 82.4 Å². The molecule has 0 radical (unpaired) electrons. The van der Waals surface area contributed by atoms with Crippen LogP contribution in [-0.4, -0.2) is 131 Å². The third-order valence-corrected chi connectivity index (χ3v) is 14.7. The van der Waals surface area contributed by atoms with E-state index in [1.807, 2.05) is 12.1 Å². The van der Waals surface area contributed by atoms with Crippen LogP contribution in [0.2, 0.25) is 0 Å². The van der Waals surface area contributed by atoms with E-state index in [4.69, 9.17) is 16.6 Å². The van der Waals surface area contributed by atoms with Crippen LogP contribution in [0.15, 0.2) is 60.7 Å². The summed E-state index contributed by atoms with van der Waals surface area (Å²) in [4.78, 5) is 147. The summed E-state index contributed by atoms with van der Waals surface area (Å²) in [7, 11) is 0. The topological polar surface area (TPSA) is 436 Å². The van der Waals surface area contributed by atoms with Gasteiger partial charge in [-0.05, 0) is 105 Å². The third-order valence-electron chi connectivity index (χ3n) is 14.7. The summed E-state index contributed by atoms with van der Waals surface area (Å²) in [5.74, 6) is -13.8. The van der Waals surface area contributed by atoms with E-state index in [0.29, 0.717) is 36.0 Å². The van der Waals surface area contributed by atoms with E-state index in [1.165, 1.54) is 16.8 Å². The normalized spacial score (nSPS) is 12.8. The SMILES string of the molecule is Cc1ccc(F)c(NC(=O)Nc2ccc(-c3cccc4c3c(N)nn4C(=O)CCCCCCCCCCCNC(=O)CCC[C@H](N)C(=O)C[C@@H](CCC(=O)N[C@@H](CCC(=O)C[C@@H](CCC(=O)N[C@@H](CCC(=O)O)C(=O)O)C(=O)O)C(=O)O)C(=O)O)cc2)c1. The first kappa shape index (κ1) is 71.3. The monoisotopic (exact) mass is 1230 g/mol. The molecule has 88 heavy (non-hydrogen) atoms. The van der Waals surface area contributed by atoms with Crippen LogP contribution < -0.4 is 38.1 Å². The molecular formula is C61H80FN9O17. The van der Waals surface area contributed by atoms with Gasteiger partial charge in [0.25, 0.3) is 0 Å². The van der Waals surface area contributed by atoms with Gasteiger partial charge >= 0.3 is 35.9 Å². The van der Waals surface area contributed by atoms with Gasteiger partial charge in [0.05, 0.1) is 34.5 Å². The lowest BCUT2D eigenvalue weighted by Gasteiger charge is -2.17. The van der Waals surface area contributed by atoms with Gasteiger partial charge in [0, 0.05) is 63.6 Å². The molecule has 0 aliphatic heterocycles. The van der Waals surface area contributed by atoms with Crippen molar-refractivity contribution in [1.82, 2.24) is 25.7 Å². The number of aliphatic carboxylic acids is 5. The number of hydrogen-bond donors (Lipinski definition) is 12. The number of carboxylic acid groups (broad SMARTS) is 5. The van der Waals surface area contributed by atoms with Gasteiger partial charge in [-0.15, -0.1) is 5.10 Å². The fourth-order valence-corrected chi connectivity index (χ4v) is 9.71. The number of anilines is 3. The number of fused-ring (bicyclic) bond motifs is 1. The maximum absolute atomic E-state index is 14.1. The highest BCUT2D eigenvalue weighted by Crippen LogP contribution is 2.34. The molecule has 3 aromatic carbocycles. The summed E-state index contributed by atoms with van der Waals surface area (Å²) >= 11 is 0. The molecule has 4 aromatic rings. The molecule has 27 heteroatoms. The van der Waals surface area contributed by atoms with Crippen molar-refractivity contribution in [3.05, 3.63) is 72.0 Å². The number of amides is 5. The molecule has 5 atom stereocenters. The van der Waals surface area contributed by atoms with E-state index in [2.05, 4.69) is 31.7 Å². The summed E-state index contributed by atoms with van der Waals surface area (Å²) in [5, 5.41) is 64.4. The minimum Gasteiger partial charge on any atom is -0.481 e. The van der Waals surface area contributed by atoms with Gasteiger partial charge < -0.3 is 63.6 Å². The highest BCUT2D eigenvalue weighted by molar-refractivity contribution is 6.06. The maximum atomic E-state index is 14.1. The Kier molecular flexibility index (Phi) is 29.8. The van der Waals surface area contributed by atoms with Gasteiger partial charge in [-0.2, -0.15) is 4.68 Å². The number of halogens is 1. The fraction of sp³-hybridized carbons (Fsp3) is 0.492. The lowest BCUT2D eigenvalue weighted by Crippen LogP contribution is -2.41. The Morgan fingerprint density at radius 2 is 1.15 bits per heavy atom. The van der Waals surface area contributed by atoms with Gasteiger partial charge in [0.15, 0.2) is 5.82 Å². The Balaban J connectivity index is 1.04. The van der Waals surface area contributed by atoms with Crippen LogP contribution in [0.5, 0.6) is 0 Å². The number of hydrogen-bond acceptors (Lipinski definition) is 15. The summed E-state index contributed by atoms with van der Waals surface area (Å²) < 4.78 is 15.5. The van der Waals surface area contributed by atoms with Gasteiger partial charge in [-0.25, -0.2) is 18.8 Å². The molecule has 0 saturated carbocycles.